The molecule has 2 aromatic carbocycles. The SMILES string of the molecule is COc1ccc(B(O)O)cc1COc1cc(Cl)cc(Cl)c1. The second-order valence-corrected chi connectivity index (χ2v) is 5.21. The number of ether oxygens (including phenoxy) is 2. The van der Waals surface area contributed by atoms with Crippen molar-refractivity contribution in [3.63, 3.8) is 0 Å². The van der Waals surface area contributed by atoms with Gasteiger partial charge in [0.1, 0.15) is 18.1 Å². The summed E-state index contributed by atoms with van der Waals surface area (Å²) in [6.45, 7) is 0.181. The molecule has 0 aromatic heterocycles. The lowest BCUT2D eigenvalue weighted by Crippen LogP contribution is -2.30. The first-order chi connectivity index (χ1) is 9.99. The minimum absolute atomic E-state index is 0.181. The second kappa shape index (κ2) is 7.05. The fraction of sp³-hybridized carbons (Fsp3) is 0.143. The highest BCUT2D eigenvalue weighted by atomic mass is 35.5. The highest BCUT2D eigenvalue weighted by Gasteiger charge is 2.14. The highest BCUT2D eigenvalue weighted by molar-refractivity contribution is 6.58. The lowest BCUT2D eigenvalue weighted by molar-refractivity contribution is 0.297. The van der Waals surface area contributed by atoms with Crippen LogP contribution in [-0.2, 0) is 6.61 Å². The maximum absolute atomic E-state index is 9.21. The van der Waals surface area contributed by atoms with Gasteiger partial charge in [0.05, 0.1) is 7.11 Å². The van der Waals surface area contributed by atoms with Crippen molar-refractivity contribution in [3.8, 4) is 11.5 Å². The Labute approximate surface area is 133 Å². The van der Waals surface area contributed by atoms with E-state index in [9.17, 15) is 10.0 Å². The third-order valence-corrected chi connectivity index (χ3v) is 3.27. The minimum atomic E-state index is -1.55. The van der Waals surface area contributed by atoms with Crippen LogP contribution in [0.4, 0.5) is 0 Å². The van der Waals surface area contributed by atoms with Crippen molar-refractivity contribution in [1.29, 1.82) is 0 Å². The fourth-order valence-corrected chi connectivity index (χ4v) is 2.35. The van der Waals surface area contributed by atoms with Crippen LogP contribution in [0.2, 0.25) is 10.0 Å². The number of halogens is 2. The molecule has 110 valence electrons. The normalized spacial score (nSPS) is 10.3. The molecule has 0 aliphatic heterocycles. The Bertz CT molecular complexity index is 614. The monoisotopic (exact) mass is 326 g/mol. The summed E-state index contributed by atoms with van der Waals surface area (Å²) in [7, 11) is -0.0142. The second-order valence-electron chi connectivity index (χ2n) is 4.34. The van der Waals surface area contributed by atoms with Gasteiger partial charge in [-0.1, -0.05) is 35.3 Å². The quantitative estimate of drug-likeness (QED) is 0.827. The zero-order valence-corrected chi connectivity index (χ0v) is 12.7. The molecule has 2 aromatic rings. The predicted octanol–water partition coefficient (Wildman–Crippen LogP) is 2.26. The molecular weight excluding hydrogens is 314 g/mol. The average molecular weight is 327 g/mol. The smallest absolute Gasteiger partial charge is 0.488 e. The molecule has 0 spiro atoms. The summed E-state index contributed by atoms with van der Waals surface area (Å²) in [6.07, 6.45) is 0. The molecule has 0 unspecified atom stereocenters. The molecule has 21 heavy (non-hydrogen) atoms. The third-order valence-electron chi connectivity index (χ3n) is 2.83. The first-order valence-electron chi connectivity index (χ1n) is 6.11. The van der Waals surface area contributed by atoms with E-state index < -0.39 is 7.12 Å². The largest absolute Gasteiger partial charge is 0.496 e. The standard InChI is InChI=1S/C14H13BCl2O4/c1-20-14-3-2-10(15(18)19)4-9(14)8-21-13-6-11(16)5-12(17)7-13/h2-7,18-19H,8H2,1H3. The molecule has 0 saturated carbocycles. The van der Waals surface area contributed by atoms with Crippen molar-refractivity contribution in [1.82, 2.24) is 0 Å². The molecule has 0 aliphatic rings. The Kier molecular flexibility index (Phi) is 5.36. The molecule has 2 rings (SSSR count). The van der Waals surface area contributed by atoms with Gasteiger partial charge in [-0.2, -0.15) is 0 Å². The predicted molar refractivity (Wildman–Crippen MR) is 83.6 cm³/mol. The van der Waals surface area contributed by atoms with Gasteiger partial charge in [-0.25, -0.2) is 0 Å². The summed E-state index contributed by atoms with van der Waals surface area (Å²) >= 11 is 11.8. The lowest BCUT2D eigenvalue weighted by Gasteiger charge is -2.12. The van der Waals surface area contributed by atoms with Crippen LogP contribution in [0, 0.1) is 0 Å². The summed E-state index contributed by atoms with van der Waals surface area (Å²) in [5.41, 5.74) is 1.04. The fourth-order valence-electron chi connectivity index (χ4n) is 1.84. The van der Waals surface area contributed by atoms with E-state index in [1.165, 1.54) is 7.11 Å². The van der Waals surface area contributed by atoms with Crippen LogP contribution >= 0.6 is 23.2 Å². The van der Waals surface area contributed by atoms with E-state index in [4.69, 9.17) is 32.7 Å². The Morgan fingerprint density at radius 2 is 1.71 bits per heavy atom. The highest BCUT2D eigenvalue weighted by Crippen LogP contribution is 2.26. The Hall–Kier alpha value is -1.40. The Morgan fingerprint density at radius 3 is 2.29 bits per heavy atom. The molecule has 0 aliphatic carbocycles. The van der Waals surface area contributed by atoms with E-state index in [0.717, 1.165) is 0 Å². The summed E-state index contributed by atoms with van der Waals surface area (Å²) in [4.78, 5) is 0. The van der Waals surface area contributed by atoms with Gasteiger partial charge in [0.25, 0.3) is 0 Å². The van der Waals surface area contributed by atoms with Gasteiger partial charge >= 0.3 is 7.12 Å². The first kappa shape index (κ1) is 16.0. The molecule has 0 heterocycles. The van der Waals surface area contributed by atoms with Crippen molar-refractivity contribution in [2.45, 2.75) is 6.61 Å². The molecule has 0 atom stereocenters. The van der Waals surface area contributed by atoms with E-state index in [0.29, 0.717) is 32.6 Å². The van der Waals surface area contributed by atoms with Crippen LogP contribution in [0.15, 0.2) is 36.4 Å². The van der Waals surface area contributed by atoms with E-state index in [-0.39, 0.29) is 6.61 Å². The maximum Gasteiger partial charge on any atom is 0.488 e. The number of methoxy groups -OCH3 is 1. The molecular formula is C14H13BCl2O4. The van der Waals surface area contributed by atoms with Gasteiger partial charge in [0.2, 0.25) is 0 Å². The van der Waals surface area contributed by atoms with E-state index in [2.05, 4.69) is 0 Å². The number of hydrogen-bond acceptors (Lipinski definition) is 4. The average Bonchev–Trinajstić information content (AvgIpc) is 2.43. The van der Waals surface area contributed by atoms with Gasteiger partial charge in [0, 0.05) is 15.6 Å². The van der Waals surface area contributed by atoms with Gasteiger partial charge in [-0.15, -0.1) is 0 Å². The van der Waals surface area contributed by atoms with E-state index in [1.807, 2.05) is 0 Å². The lowest BCUT2D eigenvalue weighted by atomic mass is 9.79. The summed E-state index contributed by atoms with van der Waals surface area (Å²) in [6, 6.07) is 9.73. The molecule has 0 bridgehead atoms. The maximum atomic E-state index is 9.21. The van der Waals surface area contributed by atoms with E-state index in [1.54, 1.807) is 36.4 Å². The summed E-state index contributed by atoms with van der Waals surface area (Å²) in [5.74, 6) is 1.11. The third kappa shape index (κ3) is 4.28. The Morgan fingerprint density at radius 1 is 1.05 bits per heavy atom. The zero-order valence-electron chi connectivity index (χ0n) is 11.2. The van der Waals surface area contributed by atoms with Crippen LogP contribution < -0.4 is 14.9 Å². The summed E-state index contributed by atoms with van der Waals surface area (Å²) < 4.78 is 10.8. The molecule has 2 N–H and O–H groups in total. The number of hydrogen-bond donors (Lipinski definition) is 2. The molecule has 7 heteroatoms. The van der Waals surface area contributed by atoms with Crippen molar-refractivity contribution < 1.29 is 19.5 Å². The molecule has 0 fully saturated rings. The Balaban J connectivity index is 2.20. The van der Waals surface area contributed by atoms with Crippen LogP contribution in [-0.4, -0.2) is 24.3 Å². The van der Waals surface area contributed by atoms with Crippen LogP contribution in [0.5, 0.6) is 11.5 Å². The van der Waals surface area contributed by atoms with Crippen molar-refractivity contribution in [3.05, 3.63) is 52.0 Å². The summed E-state index contributed by atoms with van der Waals surface area (Å²) in [5, 5.41) is 19.4. The first-order valence-corrected chi connectivity index (χ1v) is 6.87. The van der Waals surface area contributed by atoms with Gasteiger partial charge in [0.15, 0.2) is 0 Å². The molecule has 4 nitrogen and oxygen atoms in total. The van der Waals surface area contributed by atoms with Gasteiger partial charge in [-0.3, -0.25) is 0 Å². The van der Waals surface area contributed by atoms with Crippen molar-refractivity contribution in [2.24, 2.45) is 0 Å². The zero-order chi connectivity index (χ0) is 15.4. The van der Waals surface area contributed by atoms with Gasteiger partial charge < -0.3 is 19.5 Å². The minimum Gasteiger partial charge on any atom is -0.496 e. The number of benzene rings is 2. The topological polar surface area (TPSA) is 58.9 Å². The van der Waals surface area contributed by atoms with Crippen LogP contribution in [0.1, 0.15) is 5.56 Å². The molecule has 0 radical (unpaired) electrons. The van der Waals surface area contributed by atoms with E-state index >= 15 is 0 Å². The van der Waals surface area contributed by atoms with Crippen LogP contribution in [0.3, 0.4) is 0 Å². The van der Waals surface area contributed by atoms with Crippen molar-refractivity contribution in [2.75, 3.05) is 7.11 Å². The van der Waals surface area contributed by atoms with Gasteiger partial charge in [-0.05, 0) is 29.7 Å². The molecule has 0 amide bonds. The van der Waals surface area contributed by atoms with Crippen molar-refractivity contribution >= 4 is 35.8 Å². The molecule has 0 saturated heterocycles. The number of rotatable bonds is 5. The van der Waals surface area contributed by atoms with Crippen LogP contribution in [0.25, 0.3) is 0 Å².